The fraction of sp³-hybridized carbons (Fsp3) is 0.500. The second kappa shape index (κ2) is 7.45. The van der Waals surface area contributed by atoms with Crippen molar-refractivity contribution >= 4 is 11.2 Å². The van der Waals surface area contributed by atoms with E-state index in [1.165, 1.54) is 31.5 Å². The molecule has 0 N–H and O–H groups in total. The molecule has 5 heteroatoms. The van der Waals surface area contributed by atoms with Crippen molar-refractivity contribution < 1.29 is 0 Å². The van der Waals surface area contributed by atoms with Crippen molar-refractivity contribution in [2.75, 3.05) is 13.1 Å². The lowest BCUT2D eigenvalue weighted by molar-refractivity contribution is 0.263. The fourth-order valence-electron chi connectivity index (χ4n) is 4.36. The standard InChI is InChI=1S/C24H32N4O/c1-17(27-13-6-7-14-27)18-9-8-10-19(15-18)20-11-12-21-22(25-20)26(5)23(29)28(21)16-24(2,3)4/h8-12,15,17H,6-7,13-14,16H2,1-5H3. The molecule has 5 nitrogen and oxygen atoms in total. The molecule has 29 heavy (non-hydrogen) atoms. The Hall–Kier alpha value is -2.40. The maximum absolute atomic E-state index is 12.8. The van der Waals surface area contributed by atoms with Gasteiger partial charge in [0.1, 0.15) is 0 Å². The Morgan fingerprint density at radius 1 is 1.10 bits per heavy atom. The van der Waals surface area contributed by atoms with Crippen LogP contribution in [-0.4, -0.2) is 32.1 Å². The number of imidazole rings is 1. The van der Waals surface area contributed by atoms with Gasteiger partial charge in [-0.2, -0.15) is 0 Å². The average Bonchev–Trinajstić information content (AvgIpc) is 3.30. The van der Waals surface area contributed by atoms with Gasteiger partial charge in [0.15, 0.2) is 5.65 Å². The number of rotatable bonds is 4. The van der Waals surface area contributed by atoms with E-state index in [2.05, 4.69) is 56.9 Å². The number of hydrogen-bond acceptors (Lipinski definition) is 3. The van der Waals surface area contributed by atoms with E-state index in [9.17, 15) is 4.79 Å². The van der Waals surface area contributed by atoms with E-state index < -0.39 is 0 Å². The third-order valence-electron chi connectivity index (χ3n) is 5.97. The first-order valence-corrected chi connectivity index (χ1v) is 10.7. The van der Waals surface area contributed by atoms with E-state index in [4.69, 9.17) is 4.98 Å². The summed E-state index contributed by atoms with van der Waals surface area (Å²) in [6, 6.07) is 13.2. The first kappa shape index (κ1) is 19.9. The van der Waals surface area contributed by atoms with Crippen LogP contribution >= 0.6 is 0 Å². The Balaban J connectivity index is 1.73. The third kappa shape index (κ3) is 3.88. The highest BCUT2D eigenvalue weighted by Gasteiger charge is 2.21. The Bertz CT molecular complexity index is 1080. The monoisotopic (exact) mass is 392 g/mol. The van der Waals surface area contributed by atoms with Crippen LogP contribution in [0.1, 0.15) is 52.1 Å². The van der Waals surface area contributed by atoms with Gasteiger partial charge in [0.2, 0.25) is 0 Å². The molecule has 0 aliphatic carbocycles. The summed E-state index contributed by atoms with van der Waals surface area (Å²) in [5.41, 5.74) is 5.01. The predicted molar refractivity (Wildman–Crippen MR) is 119 cm³/mol. The van der Waals surface area contributed by atoms with Crippen molar-refractivity contribution in [3.63, 3.8) is 0 Å². The molecular weight excluding hydrogens is 360 g/mol. The molecule has 0 bridgehead atoms. The predicted octanol–water partition coefficient (Wildman–Crippen LogP) is 4.60. The van der Waals surface area contributed by atoms with E-state index in [0.717, 1.165) is 22.4 Å². The lowest BCUT2D eigenvalue weighted by Crippen LogP contribution is -2.27. The summed E-state index contributed by atoms with van der Waals surface area (Å²) in [6.45, 7) is 11.8. The molecule has 0 amide bonds. The normalized spacial score (nSPS) is 16.6. The topological polar surface area (TPSA) is 43.1 Å². The molecule has 1 fully saturated rings. The highest BCUT2D eigenvalue weighted by atomic mass is 16.1. The number of likely N-dealkylation sites (tertiary alicyclic amines) is 1. The number of hydrogen-bond donors (Lipinski definition) is 0. The van der Waals surface area contributed by atoms with E-state index in [0.29, 0.717) is 12.6 Å². The molecule has 1 unspecified atom stereocenters. The van der Waals surface area contributed by atoms with Gasteiger partial charge in [0.05, 0.1) is 11.2 Å². The van der Waals surface area contributed by atoms with Crippen molar-refractivity contribution in [2.45, 2.75) is 53.1 Å². The Kier molecular flexibility index (Phi) is 5.11. The highest BCUT2D eigenvalue weighted by molar-refractivity contribution is 5.76. The van der Waals surface area contributed by atoms with E-state index in [1.54, 1.807) is 4.57 Å². The zero-order valence-corrected chi connectivity index (χ0v) is 18.3. The quantitative estimate of drug-likeness (QED) is 0.651. The van der Waals surface area contributed by atoms with Gasteiger partial charge in [0.25, 0.3) is 0 Å². The molecule has 1 atom stereocenters. The van der Waals surface area contributed by atoms with Crippen LogP contribution < -0.4 is 5.69 Å². The van der Waals surface area contributed by atoms with Crippen molar-refractivity contribution in [1.29, 1.82) is 0 Å². The largest absolute Gasteiger partial charge is 0.330 e. The summed E-state index contributed by atoms with van der Waals surface area (Å²) in [4.78, 5) is 20.2. The van der Waals surface area contributed by atoms with Crippen LogP contribution in [0.25, 0.3) is 22.4 Å². The van der Waals surface area contributed by atoms with Crippen molar-refractivity contribution in [3.05, 3.63) is 52.4 Å². The molecule has 4 rings (SSSR count). The Morgan fingerprint density at radius 2 is 1.83 bits per heavy atom. The summed E-state index contributed by atoms with van der Waals surface area (Å²) >= 11 is 0. The molecule has 2 aromatic heterocycles. The summed E-state index contributed by atoms with van der Waals surface area (Å²) in [6.07, 6.45) is 2.59. The van der Waals surface area contributed by atoms with Gasteiger partial charge in [-0.3, -0.25) is 14.0 Å². The van der Waals surface area contributed by atoms with Crippen molar-refractivity contribution in [2.24, 2.45) is 12.5 Å². The van der Waals surface area contributed by atoms with Crippen molar-refractivity contribution in [3.8, 4) is 11.3 Å². The van der Waals surface area contributed by atoms with Crippen molar-refractivity contribution in [1.82, 2.24) is 19.0 Å². The molecule has 3 heterocycles. The van der Waals surface area contributed by atoms with Gasteiger partial charge in [0, 0.05) is 25.2 Å². The molecule has 0 saturated carbocycles. The van der Waals surface area contributed by atoms with Crippen LogP contribution in [-0.2, 0) is 13.6 Å². The summed E-state index contributed by atoms with van der Waals surface area (Å²) < 4.78 is 3.51. The molecule has 154 valence electrons. The molecular formula is C24H32N4O. The minimum absolute atomic E-state index is 0.00372. The van der Waals surface area contributed by atoms with Gasteiger partial charge in [-0.15, -0.1) is 0 Å². The van der Waals surface area contributed by atoms with E-state index in [-0.39, 0.29) is 11.1 Å². The zero-order chi connectivity index (χ0) is 20.8. The van der Waals surface area contributed by atoms with Crippen LogP contribution in [0.4, 0.5) is 0 Å². The second-order valence-corrected chi connectivity index (χ2v) is 9.57. The van der Waals surface area contributed by atoms with Crippen LogP contribution in [0.5, 0.6) is 0 Å². The number of aromatic nitrogens is 3. The van der Waals surface area contributed by atoms with Crippen LogP contribution in [0.3, 0.4) is 0 Å². The van der Waals surface area contributed by atoms with Crippen LogP contribution in [0.2, 0.25) is 0 Å². The Labute approximate surface area is 173 Å². The van der Waals surface area contributed by atoms with E-state index >= 15 is 0 Å². The molecule has 1 aliphatic rings. The highest BCUT2D eigenvalue weighted by Crippen LogP contribution is 2.29. The number of fused-ring (bicyclic) bond motifs is 1. The first-order chi connectivity index (χ1) is 13.7. The Morgan fingerprint density at radius 3 is 2.52 bits per heavy atom. The minimum atomic E-state index is -0.00372. The minimum Gasteiger partial charge on any atom is -0.297 e. The molecule has 3 aromatic rings. The average molecular weight is 393 g/mol. The lowest BCUT2D eigenvalue weighted by atomic mass is 9.97. The number of aryl methyl sites for hydroxylation is 1. The smallest absolute Gasteiger partial charge is 0.297 e. The maximum atomic E-state index is 12.8. The third-order valence-corrected chi connectivity index (χ3v) is 5.97. The van der Waals surface area contributed by atoms with Gasteiger partial charge in [-0.25, -0.2) is 9.78 Å². The van der Waals surface area contributed by atoms with Gasteiger partial charge in [-0.1, -0.05) is 39.0 Å². The molecule has 0 radical (unpaired) electrons. The number of benzene rings is 1. The zero-order valence-electron chi connectivity index (χ0n) is 18.3. The fourth-order valence-corrected chi connectivity index (χ4v) is 4.36. The lowest BCUT2D eigenvalue weighted by Gasteiger charge is -2.24. The summed E-state index contributed by atoms with van der Waals surface area (Å²) in [5.74, 6) is 0. The number of pyridine rings is 1. The second-order valence-electron chi connectivity index (χ2n) is 9.57. The molecule has 1 aromatic carbocycles. The number of nitrogens with zero attached hydrogens (tertiary/aromatic N) is 4. The molecule has 1 aliphatic heterocycles. The summed E-state index contributed by atoms with van der Waals surface area (Å²) in [7, 11) is 1.81. The SMILES string of the molecule is CC(c1cccc(-c2ccc3c(n2)n(C)c(=O)n3CC(C)(C)C)c1)N1CCCC1. The summed E-state index contributed by atoms with van der Waals surface area (Å²) in [5, 5.41) is 0. The van der Waals surface area contributed by atoms with E-state index in [1.807, 2.05) is 23.7 Å². The van der Waals surface area contributed by atoms with Crippen LogP contribution in [0.15, 0.2) is 41.2 Å². The van der Waals surface area contributed by atoms with Gasteiger partial charge < -0.3 is 0 Å². The van der Waals surface area contributed by atoms with Crippen LogP contribution in [0, 0.1) is 5.41 Å². The van der Waals surface area contributed by atoms with Gasteiger partial charge >= 0.3 is 5.69 Å². The first-order valence-electron chi connectivity index (χ1n) is 10.7. The van der Waals surface area contributed by atoms with Gasteiger partial charge in [-0.05, 0) is 62.0 Å². The molecule has 0 spiro atoms. The maximum Gasteiger partial charge on any atom is 0.330 e. The molecule has 1 saturated heterocycles.